The maximum absolute atomic E-state index is 12.5. The van der Waals surface area contributed by atoms with Crippen LogP contribution in [0.5, 0.6) is 0 Å². The molecular formula is C19H20ClNO3S. The first-order valence-corrected chi connectivity index (χ1v) is 10.2. The Morgan fingerprint density at radius 3 is 2.32 bits per heavy atom. The summed E-state index contributed by atoms with van der Waals surface area (Å²) in [5, 5.41) is -0.0190. The number of aryl methyl sites for hydroxylation is 1. The van der Waals surface area contributed by atoms with Crippen molar-refractivity contribution in [3.05, 3.63) is 65.2 Å². The lowest BCUT2D eigenvalue weighted by atomic mass is 10.1. The number of amides is 1. The van der Waals surface area contributed by atoms with E-state index in [1.165, 1.54) is 17.7 Å². The Kier molecular flexibility index (Phi) is 5.45. The molecule has 0 saturated carbocycles. The molecule has 1 fully saturated rings. The lowest BCUT2D eigenvalue weighted by Crippen LogP contribution is -2.56. The second kappa shape index (κ2) is 7.58. The van der Waals surface area contributed by atoms with Crippen LogP contribution in [0.25, 0.3) is 0 Å². The molecule has 1 aliphatic rings. The van der Waals surface area contributed by atoms with Crippen LogP contribution in [0.4, 0.5) is 0 Å². The molecule has 1 heterocycles. The molecule has 1 amide bonds. The number of hydrogen-bond donors (Lipinski definition) is 0. The Labute approximate surface area is 153 Å². The Morgan fingerprint density at radius 1 is 1.04 bits per heavy atom. The molecule has 25 heavy (non-hydrogen) atoms. The molecule has 132 valence electrons. The molecule has 4 nitrogen and oxygen atoms in total. The fourth-order valence-corrected chi connectivity index (χ4v) is 4.68. The van der Waals surface area contributed by atoms with E-state index in [4.69, 9.17) is 11.6 Å². The molecule has 0 aliphatic carbocycles. The fraction of sp³-hybridized carbons (Fsp3) is 0.316. The van der Waals surface area contributed by atoms with Gasteiger partial charge in [0.2, 0.25) is 5.91 Å². The molecule has 0 spiro atoms. The van der Waals surface area contributed by atoms with Crippen LogP contribution in [0.2, 0.25) is 5.02 Å². The van der Waals surface area contributed by atoms with Gasteiger partial charge in [0.05, 0.1) is 4.90 Å². The lowest BCUT2D eigenvalue weighted by molar-refractivity contribution is -0.134. The van der Waals surface area contributed by atoms with Crippen LogP contribution in [0.3, 0.4) is 0 Å². The maximum Gasteiger partial charge on any atom is 0.222 e. The monoisotopic (exact) mass is 377 g/mol. The normalized spacial score (nSPS) is 15.0. The molecular weight excluding hydrogens is 358 g/mol. The Bertz CT molecular complexity index is 829. The number of carbonyl (C=O) groups is 1. The minimum Gasteiger partial charge on any atom is -0.340 e. The summed E-state index contributed by atoms with van der Waals surface area (Å²) in [6, 6.07) is 16.2. The molecule has 6 heteroatoms. The van der Waals surface area contributed by atoms with Crippen molar-refractivity contribution >= 4 is 27.3 Å². The third-order valence-corrected chi connectivity index (χ3v) is 6.84. The highest BCUT2D eigenvalue weighted by Gasteiger charge is 2.40. The van der Waals surface area contributed by atoms with E-state index < -0.39 is 15.1 Å². The minimum atomic E-state index is -3.40. The number of likely N-dealkylation sites (tertiary alicyclic amines) is 1. The molecule has 0 bridgehead atoms. The average Bonchev–Trinajstić information content (AvgIpc) is 2.54. The van der Waals surface area contributed by atoms with E-state index in [1.54, 1.807) is 17.0 Å². The van der Waals surface area contributed by atoms with Crippen LogP contribution < -0.4 is 0 Å². The van der Waals surface area contributed by atoms with E-state index in [-0.39, 0.29) is 23.9 Å². The summed E-state index contributed by atoms with van der Waals surface area (Å²) in [7, 11) is -3.40. The quantitative estimate of drug-likeness (QED) is 0.775. The molecule has 0 aromatic heterocycles. The van der Waals surface area contributed by atoms with Crippen molar-refractivity contribution in [2.45, 2.75) is 29.4 Å². The van der Waals surface area contributed by atoms with Crippen molar-refractivity contribution in [3.8, 4) is 0 Å². The molecule has 2 aromatic rings. The van der Waals surface area contributed by atoms with Crippen molar-refractivity contribution in [3.63, 3.8) is 0 Å². The summed E-state index contributed by atoms with van der Waals surface area (Å²) in [6.07, 6.45) is 2.07. The van der Waals surface area contributed by atoms with Crippen LogP contribution in [0, 0.1) is 0 Å². The summed E-state index contributed by atoms with van der Waals surface area (Å²) in [6.45, 7) is 0.546. The zero-order valence-electron chi connectivity index (χ0n) is 13.8. The van der Waals surface area contributed by atoms with Crippen molar-refractivity contribution in [1.82, 2.24) is 4.90 Å². The minimum absolute atomic E-state index is 0.0264. The Balaban J connectivity index is 1.48. The molecule has 0 radical (unpaired) electrons. The molecule has 0 N–H and O–H groups in total. The summed E-state index contributed by atoms with van der Waals surface area (Å²) in [4.78, 5) is 14.1. The molecule has 2 aromatic carbocycles. The second-order valence-electron chi connectivity index (χ2n) is 6.26. The number of sulfone groups is 1. The number of rotatable bonds is 6. The summed E-state index contributed by atoms with van der Waals surface area (Å²) < 4.78 is 25.0. The van der Waals surface area contributed by atoms with Crippen LogP contribution in [-0.4, -0.2) is 37.6 Å². The standard InChI is InChI=1S/C19H20ClNO3S/c20-16-9-11-17(12-10-16)25(23,24)18-13-21(14-18)19(22)8-4-7-15-5-2-1-3-6-15/h1-3,5-6,9-12,18H,4,7-8,13-14H2. The van der Waals surface area contributed by atoms with Crippen molar-refractivity contribution in [2.75, 3.05) is 13.1 Å². The largest absolute Gasteiger partial charge is 0.340 e. The van der Waals surface area contributed by atoms with Gasteiger partial charge in [0.15, 0.2) is 9.84 Å². The van der Waals surface area contributed by atoms with Gasteiger partial charge in [0, 0.05) is 24.5 Å². The number of hydrogen-bond acceptors (Lipinski definition) is 3. The summed E-state index contributed by atoms with van der Waals surface area (Å²) >= 11 is 5.80. The zero-order valence-corrected chi connectivity index (χ0v) is 15.3. The van der Waals surface area contributed by atoms with Gasteiger partial charge in [0.1, 0.15) is 5.25 Å². The second-order valence-corrected chi connectivity index (χ2v) is 8.92. The van der Waals surface area contributed by atoms with E-state index >= 15 is 0 Å². The number of nitrogens with zero attached hydrogens (tertiary/aromatic N) is 1. The molecule has 1 aliphatic heterocycles. The predicted octanol–water partition coefficient (Wildman–Crippen LogP) is 3.35. The van der Waals surface area contributed by atoms with Gasteiger partial charge >= 0.3 is 0 Å². The topological polar surface area (TPSA) is 54.5 Å². The molecule has 3 rings (SSSR count). The van der Waals surface area contributed by atoms with Gasteiger partial charge in [-0.2, -0.15) is 0 Å². The first-order valence-electron chi connectivity index (χ1n) is 8.28. The molecule has 1 saturated heterocycles. The van der Waals surface area contributed by atoms with Gasteiger partial charge in [-0.1, -0.05) is 41.9 Å². The highest BCUT2D eigenvalue weighted by molar-refractivity contribution is 7.92. The fourth-order valence-electron chi connectivity index (χ4n) is 2.90. The van der Waals surface area contributed by atoms with Crippen LogP contribution in [0.15, 0.2) is 59.5 Å². The van der Waals surface area contributed by atoms with Gasteiger partial charge in [-0.3, -0.25) is 4.79 Å². The van der Waals surface area contributed by atoms with Crippen molar-refractivity contribution in [2.24, 2.45) is 0 Å². The van der Waals surface area contributed by atoms with Gasteiger partial charge in [-0.25, -0.2) is 8.42 Å². The number of halogens is 1. The average molecular weight is 378 g/mol. The highest BCUT2D eigenvalue weighted by Crippen LogP contribution is 2.25. The highest BCUT2D eigenvalue weighted by atomic mass is 35.5. The van der Waals surface area contributed by atoms with Crippen molar-refractivity contribution in [1.29, 1.82) is 0 Å². The van der Waals surface area contributed by atoms with Crippen LogP contribution >= 0.6 is 11.6 Å². The number of benzene rings is 2. The maximum atomic E-state index is 12.5. The van der Waals surface area contributed by atoms with Gasteiger partial charge in [-0.15, -0.1) is 0 Å². The lowest BCUT2D eigenvalue weighted by Gasteiger charge is -2.38. The third kappa shape index (κ3) is 4.22. The van der Waals surface area contributed by atoms with Crippen LogP contribution in [-0.2, 0) is 21.1 Å². The van der Waals surface area contributed by atoms with Gasteiger partial charge in [-0.05, 0) is 42.7 Å². The zero-order chi connectivity index (χ0) is 17.9. The van der Waals surface area contributed by atoms with Crippen LogP contribution in [0.1, 0.15) is 18.4 Å². The third-order valence-electron chi connectivity index (χ3n) is 4.48. The summed E-state index contributed by atoms with van der Waals surface area (Å²) in [5.41, 5.74) is 1.21. The Hall–Kier alpha value is -1.85. The van der Waals surface area contributed by atoms with Gasteiger partial charge < -0.3 is 4.90 Å². The summed E-state index contributed by atoms with van der Waals surface area (Å²) in [5.74, 6) is 0.0264. The first-order chi connectivity index (χ1) is 12.0. The van der Waals surface area contributed by atoms with E-state index in [1.807, 2.05) is 30.3 Å². The van der Waals surface area contributed by atoms with E-state index in [9.17, 15) is 13.2 Å². The number of carbonyl (C=O) groups excluding carboxylic acids is 1. The first kappa shape index (κ1) is 18.0. The Morgan fingerprint density at radius 2 is 1.68 bits per heavy atom. The predicted molar refractivity (Wildman–Crippen MR) is 98.4 cm³/mol. The van der Waals surface area contributed by atoms with Crippen molar-refractivity contribution < 1.29 is 13.2 Å². The molecule has 0 atom stereocenters. The molecule has 0 unspecified atom stereocenters. The van der Waals surface area contributed by atoms with E-state index in [2.05, 4.69) is 0 Å². The smallest absolute Gasteiger partial charge is 0.222 e. The van der Waals surface area contributed by atoms with E-state index in [0.717, 1.165) is 12.8 Å². The SMILES string of the molecule is O=C(CCCc1ccccc1)N1CC(S(=O)(=O)c2ccc(Cl)cc2)C1. The van der Waals surface area contributed by atoms with Gasteiger partial charge in [0.25, 0.3) is 0 Å². The van der Waals surface area contributed by atoms with E-state index in [0.29, 0.717) is 11.4 Å².